The average Bonchev–Trinajstić information content (AvgIpc) is 3.04. The zero-order valence-corrected chi connectivity index (χ0v) is 18.6. The van der Waals surface area contributed by atoms with Crippen LogP contribution >= 0.6 is 34.5 Å². The maximum atomic E-state index is 12.5. The van der Waals surface area contributed by atoms with Gasteiger partial charge in [0.25, 0.3) is 5.91 Å². The zero-order chi connectivity index (χ0) is 21.7. The summed E-state index contributed by atoms with van der Waals surface area (Å²) in [5, 5.41) is 4.48. The summed E-state index contributed by atoms with van der Waals surface area (Å²) in [6, 6.07) is 10.5. The summed E-state index contributed by atoms with van der Waals surface area (Å²) in [5.41, 5.74) is 0.797. The largest absolute Gasteiger partial charge is 0.489 e. The van der Waals surface area contributed by atoms with E-state index in [1.165, 1.54) is 18.3 Å². The van der Waals surface area contributed by atoms with Crippen LogP contribution in [0.5, 0.6) is 11.5 Å². The first-order valence-corrected chi connectivity index (χ1v) is 10.5. The van der Waals surface area contributed by atoms with Crippen molar-refractivity contribution in [2.75, 3.05) is 20.3 Å². The molecular weight excluding hydrogens is 449 g/mol. The summed E-state index contributed by atoms with van der Waals surface area (Å²) in [7, 11) is 1.55. The van der Waals surface area contributed by atoms with Crippen molar-refractivity contribution < 1.29 is 23.8 Å². The van der Waals surface area contributed by atoms with E-state index in [4.69, 9.17) is 37.4 Å². The number of fused-ring (bicyclic) bond motifs is 1. The van der Waals surface area contributed by atoms with Crippen LogP contribution in [0, 0.1) is 0 Å². The molecule has 0 fully saturated rings. The lowest BCUT2D eigenvalue weighted by molar-refractivity contribution is -0.131. The highest BCUT2D eigenvalue weighted by Gasteiger charge is 2.21. The highest BCUT2D eigenvalue weighted by molar-refractivity contribution is 7.21. The minimum atomic E-state index is -0.502. The molecular formula is C21H19Cl2NO5S. The third kappa shape index (κ3) is 5.43. The lowest BCUT2D eigenvalue weighted by Gasteiger charge is -2.08. The third-order valence-electron chi connectivity index (χ3n) is 4.07. The van der Waals surface area contributed by atoms with E-state index < -0.39 is 5.97 Å². The Morgan fingerprint density at radius 1 is 1.13 bits per heavy atom. The van der Waals surface area contributed by atoms with E-state index >= 15 is 0 Å². The van der Waals surface area contributed by atoms with Crippen LogP contribution in [0.3, 0.4) is 0 Å². The van der Waals surface area contributed by atoms with E-state index in [2.05, 4.69) is 5.32 Å². The van der Waals surface area contributed by atoms with Crippen LogP contribution in [-0.4, -0.2) is 32.1 Å². The van der Waals surface area contributed by atoms with Gasteiger partial charge in [-0.2, -0.15) is 0 Å². The number of carbonyl (C=O) groups excluding carboxylic acids is 2. The molecule has 1 aromatic heterocycles. The van der Waals surface area contributed by atoms with Gasteiger partial charge < -0.3 is 19.5 Å². The fraction of sp³-hybridized carbons (Fsp3) is 0.238. The Kier molecular flexibility index (Phi) is 7.55. The number of hydrogen-bond acceptors (Lipinski definition) is 6. The van der Waals surface area contributed by atoms with Crippen molar-refractivity contribution in [3.8, 4) is 11.5 Å². The molecule has 30 heavy (non-hydrogen) atoms. The summed E-state index contributed by atoms with van der Waals surface area (Å²) < 4.78 is 16.9. The quantitative estimate of drug-likeness (QED) is 0.368. The van der Waals surface area contributed by atoms with Crippen molar-refractivity contribution in [3.63, 3.8) is 0 Å². The summed E-state index contributed by atoms with van der Waals surface area (Å²) in [6.45, 7) is 2.28. The molecule has 1 N–H and O–H groups in total. The maximum absolute atomic E-state index is 12.5. The number of rotatable bonds is 8. The Morgan fingerprint density at radius 3 is 2.63 bits per heavy atom. The summed E-state index contributed by atoms with van der Waals surface area (Å²) >= 11 is 13.3. The van der Waals surface area contributed by atoms with Gasteiger partial charge in [0.05, 0.1) is 6.61 Å². The van der Waals surface area contributed by atoms with Gasteiger partial charge in [-0.3, -0.25) is 9.59 Å². The highest BCUT2D eigenvalue weighted by Crippen LogP contribution is 2.40. The fourth-order valence-electron chi connectivity index (χ4n) is 2.68. The SMILES string of the molecule is COCCNC(=O)c1sc2cc(OCc3ccc(Cl)cc3Cl)ccc2c1OC(C)=O. The van der Waals surface area contributed by atoms with Gasteiger partial charge in [-0.25, -0.2) is 0 Å². The van der Waals surface area contributed by atoms with E-state index in [9.17, 15) is 9.59 Å². The molecule has 158 valence electrons. The normalized spacial score (nSPS) is 10.8. The average molecular weight is 468 g/mol. The highest BCUT2D eigenvalue weighted by atomic mass is 35.5. The number of methoxy groups -OCH3 is 1. The molecule has 1 amide bonds. The van der Waals surface area contributed by atoms with Gasteiger partial charge in [0.1, 0.15) is 17.2 Å². The van der Waals surface area contributed by atoms with Crippen molar-refractivity contribution in [1.29, 1.82) is 0 Å². The summed E-state index contributed by atoms with van der Waals surface area (Å²) in [6.07, 6.45) is 0. The minimum absolute atomic E-state index is 0.240. The van der Waals surface area contributed by atoms with E-state index in [0.717, 1.165) is 10.3 Å². The molecule has 0 aliphatic carbocycles. The number of ether oxygens (including phenoxy) is 3. The Hall–Kier alpha value is -2.32. The Morgan fingerprint density at radius 2 is 1.93 bits per heavy atom. The van der Waals surface area contributed by atoms with Gasteiger partial charge in [-0.15, -0.1) is 11.3 Å². The van der Waals surface area contributed by atoms with Gasteiger partial charge in [0.15, 0.2) is 5.75 Å². The number of hydrogen-bond donors (Lipinski definition) is 1. The molecule has 2 aromatic carbocycles. The lowest BCUT2D eigenvalue weighted by atomic mass is 10.2. The fourth-order valence-corrected chi connectivity index (χ4v) is 4.22. The standard InChI is InChI=1S/C21H19Cl2NO5S/c1-12(25)29-19-16-6-5-15(28-11-13-3-4-14(22)9-17(13)23)10-18(16)30-20(19)21(26)24-7-8-27-2/h3-6,9-10H,7-8,11H2,1-2H3,(H,24,26). The van der Waals surface area contributed by atoms with E-state index in [-0.39, 0.29) is 18.3 Å². The monoisotopic (exact) mass is 467 g/mol. The predicted octanol–water partition coefficient (Wildman–Crippen LogP) is 5.09. The molecule has 6 nitrogen and oxygen atoms in total. The molecule has 3 aromatic rings. The smallest absolute Gasteiger partial charge is 0.308 e. The lowest BCUT2D eigenvalue weighted by Crippen LogP contribution is -2.26. The first-order valence-electron chi connectivity index (χ1n) is 8.98. The van der Waals surface area contributed by atoms with Gasteiger partial charge in [0, 0.05) is 46.3 Å². The Balaban J connectivity index is 1.85. The van der Waals surface area contributed by atoms with E-state index in [1.54, 1.807) is 43.5 Å². The molecule has 0 spiro atoms. The van der Waals surface area contributed by atoms with Crippen LogP contribution in [0.25, 0.3) is 10.1 Å². The molecule has 0 unspecified atom stereocenters. The molecule has 3 rings (SSSR count). The Labute approximate surface area is 187 Å². The summed E-state index contributed by atoms with van der Waals surface area (Å²) in [5.74, 6) is -0.00143. The molecule has 0 aliphatic rings. The van der Waals surface area contributed by atoms with E-state index in [1.807, 2.05) is 0 Å². The number of carbonyl (C=O) groups is 2. The van der Waals surface area contributed by atoms with Crippen LogP contribution in [0.15, 0.2) is 36.4 Å². The number of nitrogens with one attached hydrogen (secondary N) is 1. The molecule has 0 bridgehead atoms. The van der Waals surface area contributed by atoms with Crippen molar-refractivity contribution in [2.45, 2.75) is 13.5 Å². The molecule has 0 atom stereocenters. The second-order valence-corrected chi connectivity index (χ2v) is 8.18. The number of thiophene rings is 1. The van der Waals surface area contributed by atoms with Crippen molar-refractivity contribution in [3.05, 3.63) is 56.9 Å². The molecule has 9 heteroatoms. The molecule has 1 heterocycles. The zero-order valence-electron chi connectivity index (χ0n) is 16.3. The predicted molar refractivity (Wildman–Crippen MR) is 118 cm³/mol. The van der Waals surface area contributed by atoms with Crippen LogP contribution < -0.4 is 14.8 Å². The number of amides is 1. The Bertz CT molecular complexity index is 1080. The van der Waals surface area contributed by atoms with Crippen molar-refractivity contribution >= 4 is 56.5 Å². The van der Waals surface area contributed by atoms with Gasteiger partial charge in [-0.1, -0.05) is 29.3 Å². The van der Waals surface area contributed by atoms with Gasteiger partial charge in [-0.05, 0) is 30.3 Å². The maximum Gasteiger partial charge on any atom is 0.308 e. The van der Waals surface area contributed by atoms with E-state index in [0.29, 0.717) is 39.2 Å². The second-order valence-electron chi connectivity index (χ2n) is 6.29. The second kappa shape index (κ2) is 10.1. The van der Waals surface area contributed by atoms with Gasteiger partial charge in [0.2, 0.25) is 0 Å². The van der Waals surface area contributed by atoms with Crippen LogP contribution in [0.1, 0.15) is 22.2 Å². The number of esters is 1. The number of benzene rings is 2. The van der Waals surface area contributed by atoms with Gasteiger partial charge >= 0.3 is 5.97 Å². The molecule has 0 radical (unpaired) electrons. The van der Waals surface area contributed by atoms with Crippen LogP contribution in [0.2, 0.25) is 10.0 Å². The molecule has 0 saturated heterocycles. The first kappa shape index (κ1) is 22.4. The van der Waals surface area contributed by atoms with Crippen molar-refractivity contribution in [2.24, 2.45) is 0 Å². The minimum Gasteiger partial charge on any atom is -0.489 e. The van der Waals surface area contributed by atoms with Crippen LogP contribution in [0.4, 0.5) is 0 Å². The topological polar surface area (TPSA) is 73.9 Å². The summed E-state index contributed by atoms with van der Waals surface area (Å²) in [4.78, 5) is 24.4. The molecule has 0 saturated carbocycles. The molecule has 0 aliphatic heterocycles. The third-order valence-corrected chi connectivity index (χ3v) is 5.79. The number of halogens is 2. The van der Waals surface area contributed by atoms with Crippen LogP contribution in [-0.2, 0) is 16.1 Å². The first-order chi connectivity index (χ1) is 14.4. The van der Waals surface area contributed by atoms with Crippen molar-refractivity contribution in [1.82, 2.24) is 5.32 Å².